The van der Waals surface area contributed by atoms with Crippen molar-refractivity contribution in [3.05, 3.63) is 47.5 Å². The van der Waals surface area contributed by atoms with Crippen LogP contribution in [0, 0.1) is 0 Å². The molecule has 0 unspecified atom stereocenters. The number of hydrogen-bond acceptors (Lipinski definition) is 8. The molecule has 0 fully saturated rings. The molecule has 0 saturated heterocycles. The number of carbonyl (C=O) groups excluding carboxylic acids is 1. The molecule has 1 N–H and O–H groups in total. The number of methoxy groups -OCH3 is 3. The zero-order chi connectivity index (χ0) is 23.6. The summed E-state index contributed by atoms with van der Waals surface area (Å²) in [5.41, 5.74) is 2.92. The molecule has 1 heterocycles. The molecule has 0 radical (unpaired) electrons. The number of nitrogens with zero attached hydrogens (tertiary/aromatic N) is 4. The molecule has 0 aliphatic rings. The second kappa shape index (κ2) is 12.1. The third kappa shape index (κ3) is 6.38. The van der Waals surface area contributed by atoms with Gasteiger partial charge in [0.15, 0.2) is 11.5 Å². The maximum Gasteiger partial charge on any atom is 0.230 e. The molecule has 0 bridgehead atoms. The maximum absolute atomic E-state index is 12.5. The number of rotatable bonds is 12. The Bertz CT molecular complexity index is 1060. The number of tetrazole rings is 1. The van der Waals surface area contributed by atoms with Gasteiger partial charge >= 0.3 is 0 Å². The summed E-state index contributed by atoms with van der Waals surface area (Å²) in [4.78, 5) is 12.5. The number of nitrogens with one attached hydrogen (secondary N) is 1. The van der Waals surface area contributed by atoms with E-state index in [2.05, 4.69) is 39.9 Å². The number of hydrogen-bond donors (Lipinski definition) is 1. The lowest BCUT2D eigenvalue weighted by Gasteiger charge is -2.14. The number of unbranched alkanes of at least 4 members (excludes halogenated alkanes) is 1. The molecule has 1 aromatic heterocycles. The van der Waals surface area contributed by atoms with Gasteiger partial charge in [-0.3, -0.25) is 4.79 Å². The van der Waals surface area contributed by atoms with Crippen molar-refractivity contribution in [1.29, 1.82) is 0 Å². The van der Waals surface area contributed by atoms with E-state index in [1.165, 1.54) is 17.3 Å². The number of aromatic nitrogens is 4. The van der Waals surface area contributed by atoms with Gasteiger partial charge in [-0.2, -0.15) is 4.68 Å². The molecule has 3 aromatic rings. The van der Waals surface area contributed by atoms with Crippen molar-refractivity contribution in [2.45, 2.75) is 37.9 Å². The first-order chi connectivity index (χ1) is 16.1. The molecular formula is C23H29N5O4S. The Labute approximate surface area is 197 Å². The van der Waals surface area contributed by atoms with E-state index in [-0.39, 0.29) is 18.2 Å². The van der Waals surface area contributed by atoms with E-state index >= 15 is 0 Å². The fourth-order valence-corrected chi connectivity index (χ4v) is 3.94. The smallest absolute Gasteiger partial charge is 0.230 e. The minimum Gasteiger partial charge on any atom is -0.496 e. The Hall–Kier alpha value is -3.27. The monoisotopic (exact) mass is 471 g/mol. The van der Waals surface area contributed by atoms with Crippen molar-refractivity contribution in [2.75, 3.05) is 27.1 Å². The van der Waals surface area contributed by atoms with Gasteiger partial charge in [-0.25, -0.2) is 0 Å². The first-order valence-electron chi connectivity index (χ1n) is 10.7. The molecule has 0 aliphatic carbocycles. The van der Waals surface area contributed by atoms with Gasteiger partial charge in [0.25, 0.3) is 0 Å². The molecule has 33 heavy (non-hydrogen) atoms. The fraction of sp³-hybridized carbons (Fsp3) is 0.391. The van der Waals surface area contributed by atoms with Crippen LogP contribution in [0.15, 0.2) is 41.6 Å². The average molecular weight is 472 g/mol. The number of amides is 1. The Morgan fingerprint density at radius 1 is 1.03 bits per heavy atom. The molecule has 1 amide bonds. The van der Waals surface area contributed by atoms with Gasteiger partial charge in [0, 0.05) is 18.2 Å². The SMILES string of the molecule is CCCCc1ccc(-n2nnnc2SCC(=O)NCc2cc(OC)c(OC)cc2OC)cc1. The third-order valence-electron chi connectivity index (χ3n) is 5.04. The highest BCUT2D eigenvalue weighted by atomic mass is 32.2. The van der Waals surface area contributed by atoms with Gasteiger partial charge < -0.3 is 19.5 Å². The fourth-order valence-electron chi connectivity index (χ4n) is 3.22. The molecule has 2 aromatic carbocycles. The van der Waals surface area contributed by atoms with Crippen LogP contribution in [0.2, 0.25) is 0 Å². The van der Waals surface area contributed by atoms with Crippen molar-refractivity contribution in [2.24, 2.45) is 0 Å². The van der Waals surface area contributed by atoms with Crippen molar-refractivity contribution in [1.82, 2.24) is 25.5 Å². The predicted molar refractivity (Wildman–Crippen MR) is 126 cm³/mol. The first kappa shape index (κ1) is 24.4. The molecule has 0 spiro atoms. The van der Waals surface area contributed by atoms with Crippen LogP contribution >= 0.6 is 11.8 Å². The molecule has 0 saturated carbocycles. The summed E-state index contributed by atoms with van der Waals surface area (Å²) in [7, 11) is 4.69. The normalized spacial score (nSPS) is 10.7. The van der Waals surface area contributed by atoms with Crippen LogP contribution in [-0.2, 0) is 17.8 Å². The highest BCUT2D eigenvalue weighted by molar-refractivity contribution is 7.99. The Kier molecular flexibility index (Phi) is 8.94. The molecule has 176 valence electrons. The van der Waals surface area contributed by atoms with Crippen LogP contribution in [-0.4, -0.2) is 53.2 Å². The van der Waals surface area contributed by atoms with Crippen LogP contribution < -0.4 is 19.5 Å². The van der Waals surface area contributed by atoms with Gasteiger partial charge in [-0.15, -0.1) is 5.10 Å². The topological polar surface area (TPSA) is 100 Å². The second-order valence-corrected chi connectivity index (χ2v) is 8.17. The molecule has 0 atom stereocenters. The standard InChI is InChI=1S/C23H29N5O4S/c1-5-6-7-16-8-10-18(11-9-16)28-23(25-26-27-28)33-15-22(29)24-14-17-12-20(31-3)21(32-4)13-19(17)30-2/h8-13H,5-7,14-15H2,1-4H3,(H,24,29). The van der Waals surface area contributed by atoms with E-state index in [1.807, 2.05) is 12.1 Å². The number of carbonyl (C=O) groups is 1. The lowest BCUT2D eigenvalue weighted by atomic mass is 10.1. The summed E-state index contributed by atoms with van der Waals surface area (Å²) in [6.07, 6.45) is 3.38. The van der Waals surface area contributed by atoms with Gasteiger partial charge in [0.1, 0.15) is 5.75 Å². The summed E-state index contributed by atoms with van der Waals surface area (Å²) in [5, 5.41) is 15.3. The quantitative estimate of drug-likeness (QED) is 0.401. The second-order valence-electron chi connectivity index (χ2n) is 7.23. The Morgan fingerprint density at radius 2 is 1.73 bits per heavy atom. The molecule has 0 aliphatic heterocycles. The van der Waals surface area contributed by atoms with Crippen molar-refractivity contribution >= 4 is 17.7 Å². The Balaban J connectivity index is 1.59. The van der Waals surface area contributed by atoms with E-state index in [0.29, 0.717) is 22.4 Å². The van der Waals surface area contributed by atoms with Crippen LogP contribution in [0.25, 0.3) is 5.69 Å². The minimum atomic E-state index is -0.152. The van der Waals surface area contributed by atoms with E-state index in [4.69, 9.17) is 14.2 Å². The summed E-state index contributed by atoms with van der Waals surface area (Å²) in [6.45, 7) is 2.46. The summed E-state index contributed by atoms with van der Waals surface area (Å²) < 4.78 is 17.7. The van der Waals surface area contributed by atoms with Crippen LogP contribution in [0.5, 0.6) is 17.2 Å². The Morgan fingerprint density at radius 3 is 2.39 bits per heavy atom. The lowest BCUT2D eigenvalue weighted by molar-refractivity contribution is -0.118. The summed E-state index contributed by atoms with van der Waals surface area (Å²) in [6, 6.07) is 11.7. The number of benzene rings is 2. The van der Waals surface area contributed by atoms with E-state index < -0.39 is 0 Å². The lowest BCUT2D eigenvalue weighted by Crippen LogP contribution is -2.25. The highest BCUT2D eigenvalue weighted by Crippen LogP contribution is 2.34. The first-order valence-corrected chi connectivity index (χ1v) is 11.6. The van der Waals surface area contributed by atoms with Gasteiger partial charge in [-0.1, -0.05) is 37.2 Å². The number of ether oxygens (including phenoxy) is 3. The van der Waals surface area contributed by atoms with E-state index in [1.54, 1.807) is 38.1 Å². The van der Waals surface area contributed by atoms with Gasteiger partial charge in [0.2, 0.25) is 11.1 Å². The van der Waals surface area contributed by atoms with E-state index in [9.17, 15) is 4.79 Å². The summed E-state index contributed by atoms with van der Waals surface area (Å²) >= 11 is 1.27. The van der Waals surface area contributed by atoms with Gasteiger partial charge in [-0.05, 0) is 47.0 Å². The highest BCUT2D eigenvalue weighted by Gasteiger charge is 2.15. The molecular weight excluding hydrogens is 442 g/mol. The van der Waals surface area contributed by atoms with Crippen LogP contribution in [0.1, 0.15) is 30.9 Å². The minimum absolute atomic E-state index is 0.152. The predicted octanol–water partition coefficient (Wildman–Crippen LogP) is 3.44. The zero-order valence-electron chi connectivity index (χ0n) is 19.3. The largest absolute Gasteiger partial charge is 0.496 e. The van der Waals surface area contributed by atoms with Crippen molar-refractivity contribution in [3.63, 3.8) is 0 Å². The van der Waals surface area contributed by atoms with Crippen molar-refractivity contribution in [3.8, 4) is 22.9 Å². The van der Waals surface area contributed by atoms with Gasteiger partial charge in [0.05, 0.1) is 32.8 Å². The van der Waals surface area contributed by atoms with Crippen LogP contribution in [0.3, 0.4) is 0 Å². The maximum atomic E-state index is 12.5. The third-order valence-corrected chi connectivity index (χ3v) is 5.96. The molecule has 10 heteroatoms. The number of aryl methyl sites for hydroxylation is 1. The van der Waals surface area contributed by atoms with Crippen molar-refractivity contribution < 1.29 is 19.0 Å². The van der Waals surface area contributed by atoms with Crippen LogP contribution in [0.4, 0.5) is 0 Å². The average Bonchev–Trinajstić information content (AvgIpc) is 3.33. The molecule has 3 rings (SSSR count). The zero-order valence-corrected chi connectivity index (χ0v) is 20.1. The number of thioether (sulfide) groups is 1. The van der Waals surface area contributed by atoms with E-state index in [0.717, 1.165) is 30.5 Å². The summed E-state index contributed by atoms with van der Waals surface area (Å²) in [5.74, 6) is 1.75. The molecule has 9 nitrogen and oxygen atoms in total.